The van der Waals surface area contributed by atoms with Gasteiger partial charge in [-0.25, -0.2) is 4.39 Å². The molecule has 0 spiro atoms. The van der Waals surface area contributed by atoms with E-state index in [4.69, 9.17) is 21.1 Å². The zero-order chi connectivity index (χ0) is 15.5. The largest absolute Gasteiger partial charge is 0.454 e. The van der Waals surface area contributed by atoms with Crippen molar-refractivity contribution in [1.29, 1.82) is 0 Å². The summed E-state index contributed by atoms with van der Waals surface area (Å²) in [6.45, 7) is 0.671. The van der Waals surface area contributed by atoms with Gasteiger partial charge in [0.1, 0.15) is 5.82 Å². The summed E-state index contributed by atoms with van der Waals surface area (Å²) >= 11 is 5.85. The molecule has 1 amide bonds. The Bertz CT molecular complexity index is 721. The highest BCUT2D eigenvalue weighted by Crippen LogP contribution is 2.32. The van der Waals surface area contributed by atoms with Crippen LogP contribution in [0.25, 0.3) is 0 Å². The van der Waals surface area contributed by atoms with Gasteiger partial charge in [-0.3, -0.25) is 4.79 Å². The molecular formula is C16H13ClFNO3. The molecule has 0 saturated heterocycles. The van der Waals surface area contributed by atoms with Crippen LogP contribution in [0.1, 0.15) is 15.9 Å². The quantitative estimate of drug-likeness (QED) is 0.941. The van der Waals surface area contributed by atoms with Gasteiger partial charge in [0.15, 0.2) is 11.5 Å². The molecule has 3 rings (SSSR count). The molecule has 1 aliphatic heterocycles. The summed E-state index contributed by atoms with van der Waals surface area (Å²) in [5.41, 5.74) is 1.28. The van der Waals surface area contributed by atoms with Crippen molar-refractivity contribution in [2.24, 2.45) is 0 Å². The summed E-state index contributed by atoms with van der Waals surface area (Å²) in [4.78, 5) is 12.0. The topological polar surface area (TPSA) is 47.6 Å². The van der Waals surface area contributed by atoms with Crippen molar-refractivity contribution in [3.8, 4) is 11.5 Å². The minimum absolute atomic E-state index is 0.0978. The third-order valence-corrected chi connectivity index (χ3v) is 3.62. The Balaban J connectivity index is 1.57. The lowest BCUT2D eigenvalue weighted by molar-refractivity contribution is 0.0954. The van der Waals surface area contributed by atoms with E-state index in [0.29, 0.717) is 18.7 Å². The number of hydrogen-bond acceptors (Lipinski definition) is 3. The molecule has 0 aromatic heterocycles. The second-order valence-electron chi connectivity index (χ2n) is 4.82. The fraction of sp³-hybridized carbons (Fsp3) is 0.188. The number of carbonyl (C=O) groups excluding carboxylic acids is 1. The van der Waals surface area contributed by atoms with Gasteiger partial charge in [0.05, 0.1) is 10.6 Å². The predicted octanol–water partition coefficient (Wildman–Crippen LogP) is 3.18. The SMILES string of the molecule is O=C(NCCc1ccc2c(c1)OCO2)c1ccc(F)cc1Cl. The summed E-state index contributed by atoms with van der Waals surface area (Å²) in [5.74, 6) is 0.643. The number of fused-ring (bicyclic) bond motifs is 1. The van der Waals surface area contributed by atoms with E-state index in [-0.39, 0.29) is 23.3 Å². The summed E-state index contributed by atoms with van der Waals surface area (Å²) < 4.78 is 23.5. The minimum atomic E-state index is -0.470. The standard InChI is InChI=1S/C16H13ClFNO3/c17-13-8-11(18)2-3-12(13)16(20)19-6-5-10-1-4-14-15(7-10)22-9-21-14/h1-4,7-8H,5-6,9H2,(H,19,20). The lowest BCUT2D eigenvalue weighted by atomic mass is 10.1. The average Bonchev–Trinajstić information content (AvgIpc) is 2.94. The molecule has 0 unspecified atom stereocenters. The van der Waals surface area contributed by atoms with Crippen molar-refractivity contribution in [2.75, 3.05) is 13.3 Å². The molecule has 114 valence electrons. The van der Waals surface area contributed by atoms with Crippen LogP contribution in [0.5, 0.6) is 11.5 Å². The molecule has 22 heavy (non-hydrogen) atoms. The first-order valence-corrected chi connectivity index (χ1v) is 7.13. The molecule has 0 fully saturated rings. The van der Waals surface area contributed by atoms with Gasteiger partial charge in [0.2, 0.25) is 6.79 Å². The van der Waals surface area contributed by atoms with Gasteiger partial charge < -0.3 is 14.8 Å². The molecule has 1 heterocycles. The second-order valence-corrected chi connectivity index (χ2v) is 5.22. The van der Waals surface area contributed by atoms with Crippen molar-refractivity contribution in [1.82, 2.24) is 5.32 Å². The van der Waals surface area contributed by atoms with E-state index in [9.17, 15) is 9.18 Å². The number of ether oxygens (including phenoxy) is 2. The van der Waals surface area contributed by atoms with Gasteiger partial charge in [-0.05, 0) is 42.3 Å². The highest BCUT2D eigenvalue weighted by atomic mass is 35.5. The van der Waals surface area contributed by atoms with Gasteiger partial charge >= 0.3 is 0 Å². The number of rotatable bonds is 4. The number of nitrogens with one attached hydrogen (secondary N) is 1. The summed E-state index contributed by atoms with van der Waals surface area (Å²) in [7, 11) is 0. The maximum atomic E-state index is 13.0. The summed E-state index contributed by atoms with van der Waals surface area (Å²) in [6, 6.07) is 9.35. The van der Waals surface area contributed by atoms with Gasteiger partial charge in [0, 0.05) is 6.54 Å². The fourth-order valence-electron chi connectivity index (χ4n) is 2.19. The zero-order valence-electron chi connectivity index (χ0n) is 11.6. The zero-order valence-corrected chi connectivity index (χ0v) is 12.3. The maximum Gasteiger partial charge on any atom is 0.252 e. The van der Waals surface area contributed by atoms with E-state index in [1.54, 1.807) is 0 Å². The molecule has 2 aromatic carbocycles. The molecular weight excluding hydrogens is 309 g/mol. The van der Waals surface area contributed by atoms with E-state index in [2.05, 4.69) is 5.32 Å². The molecule has 0 saturated carbocycles. The van der Waals surface area contributed by atoms with Crippen LogP contribution in [0.2, 0.25) is 5.02 Å². The second kappa shape index (κ2) is 6.23. The first-order chi connectivity index (χ1) is 10.6. The van der Waals surface area contributed by atoms with Gasteiger partial charge in [-0.15, -0.1) is 0 Å². The van der Waals surface area contributed by atoms with Gasteiger partial charge in [0.25, 0.3) is 5.91 Å². The molecule has 4 nitrogen and oxygen atoms in total. The molecule has 0 atom stereocenters. The normalized spacial score (nSPS) is 12.3. The molecule has 6 heteroatoms. The lowest BCUT2D eigenvalue weighted by Crippen LogP contribution is -2.26. The van der Waals surface area contributed by atoms with Crippen molar-refractivity contribution in [3.05, 3.63) is 58.4 Å². The first kappa shape index (κ1) is 14.7. The fourth-order valence-corrected chi connectivity index (χ4v) is 2.44. The highest BCUT2D eigenvalue weighted by Gasteiger charge is 2.14. The van der Waals surface area contributed by atoms with Gasteiger partial charge in [-0.2, -0.15) is 0 Å². The molecule has 0 bridgehead atoms. The third-order valence-electron chi connectivity index (χ3n) is 3.31. The van der Waals surface area contributed by atoms with E-state index >= 15 is 0 Å². The van der Waals surface area contributed by atoms with Crippen LogP contribution in [0.3, 0.4) is 0 Å². The first-order valence-electron chi connectivity index (χ1n) is 6.75. The molecule has 1 N–H and O–H groups in total. The van der Waals surface area contributed by atoms with E-state index in [1.165, 1.54) is 12.1 Å². The minimum Gasteiger partial charge on any atom is -0.454 e. The van der Waals surface area contributed by atoms with E-state index in [1.807, 2.05) is 18.2 Å². The molecule has 2 aromatic rings. The Hall–Kier alpha value is -2.27. The Morgan fingerprint density at radius 2 is 2.00 bits per heavy atom. The predicted molar refractivity (Wildman–Crippen MR) is 80.0 cm³/mol. The maximum absolute atomic E-state index is 13.0. The monoisotopic (exact) mass is 321 g/mol. The lowest BCUT2D eigenvalue weighted by Gasteiger charge is -2.07. The Morgan fingerprint density at radius 3 is 2.82 bits per heavy atom. The third kappa shape index (κ3) is 3.14. The van der Waals surface area contributed by atoms with Crippen LogP contribution < -0.4 is 14.8 Å². The molecule has 0 radical (unpaired) electrons. The number of halogens is 2. The van der Waals surface area contributed by atoms with Crippen LogP contribution in [0.15, 0.2) is 36.4 Å². The number of benzene rings is 2. The highest BCUT2D eigenvalue weighted by molar-refractivity contribution is 6.33. The Morgan fingerprint density at radius 1 is 1.18 bits per heavy atom. The van der Waals surface area contributed by atoms with Gasteiger partial charge in [-0.1, -0.05) is 17.7 Å². The number of hydrogen-bond donors (Lipinski definition) is 1. The van der Waals surface area contributed by atoms with Crippen LogP contribution in [-0.2, 0) is 6.42 Å². The van der Waals surface area contributed by atoms with E-state index < -0.39 is 5.82 Å². The van der Waals surface area contributed by atoms with E-state index in [0.717, 1.165) is 17.4 Å². The molecule has 0 aliphatic carbocycles. The Labute approximate surface area is 131 Å². The van der Waals surface area contributed by atoms with Crippen LogP contribution in [-0.4, -0.2) is 19.2 Å². The van der Waals surface area contributed by atoms with Crippen molar-refractivity contribution in [3.63, 3.8) is 0 Å². The van der Waals surface area contributed by atoms with Crippen molar-refractivity contribution < 1.29 is 18.7 Å². The van der Waals surface area contributed by atoms with Crippen LogP contribution in [0.4, 0.5) is 4.39 Å². The number of carbonyl (C=O) groups is 1. The van der Waals surface area contributed by atoms with Crippen LogP contribution in [0, 0.1) is 5.82 Å². The molecule has 1 aliphatic rings. The van der Waals surface area contributed by atoms with Crippen molar-refractivity contribution >= 4 is 17.5 Å². The average molecular weight is 322 g/mol. The Kier molecular flexibility index (Phi) is 4.15. The van der Waals surface area contributed by atoms with Crippen LogP contribution >= 0.6 is 11.6 Å². The summed E-state index contributed by atoms with van der Waals surface area (Å²) in [5, 5.41) is 2.86. The number of amides is 1. The smallest absolute Gasteiger partial charge is 0.252 e. The van der Waals surface area contributed by atoms with Crippen molar-refractivity contribution in [2.45, 2.75) is 6.42 Å². The summed E-state index contributed by atoms with van der Waals surface area (Å²) in [6.07, 6.45) is 0.640.